The molecule has 0 atom stereocenters. The lowest BCUT2D eigenvalue weighted by Crippen LogP contribution is -2.54. The maximum Gasteiger partial charge on any atom is 0.323 e. The third kappa shape index (κ3) is 6.09. The summed E-state index contributed by atoms with van der Waals surface area (Å²) in [5, 5.41) is 14.7. The van der Waals surface area contributed by atoms with E-state index in [-0.39, 0.29) is 28.8 Å². The molecule has 0 spiro atoms. The van der Waals surface area contributed by atoms with E-state index in [0.29, 0.717) is 24.8 Å². The lowest BCUT2D eigenvalue weighted by atomic mass is 9.62. The van der Waals surface area contributed by atoms with Crippen LogP contribution in [0.5, 0.6) is 0 Å². The number of halogens is 4. The van der Waals surface area contributed by atoms with Gasteiger partial charge in [-0.2, -0.15) is 0 Å². The maximum atomic E-state index is 14.1. The summed E-state index contributed by atoms with van der Waals surface area (Å²) < 4.78 is 54.8. The van der Waals surface area contributed by atoms with Crippen LogP contribution < -0.4 is 15.5 Å². The summed E-state index contributed by atoms with van der Waals surface area (Å²) in [6.07, 6.45) is -1.69. The molecule has 0 heterocycles. The van der Waals surface area contributed by atoms with E-state index in [1.807, 2.05) is 32.6 Å². The van der Waals surface area contributed by atoms with Gasteiger partial charge in [-0.15, -0.1) is 0 Å². The molecule has 3 N–H and O–H groups in total. The average molecular weight is 510 g/mol. The van der Waals surface area contributed by atoms with Crippen molar-refractivity contribution in [3.8, 4) is 0 Å². The van der Waals surface area contributed by atoms with Crippen LogP contribution in [-0.4, -0.2) is 36.1 Å². The Morgan fingerprint density at radius 1 is 0.944 bits per heavy atom. The number of carboxylic acids is 1. The zero-order valence-electron chi connectivity index (χ0n) is 20.7. The van der Waals surface area contributed by atoms with Gasteiger partial charge in [-0.05, 0) is 41.7 Å². The van der Waals surface area contributed by atoms with Gasteiger partial charge in [-0.25, -0.2) is 22.4 Å². The SMILES string of the molecule is CC(C)CN(CC(C)C)c1ccc(C2(C(=O)O)CC(F)(F)C2)cc1NC(=O)Nc1ccc(F)cc1F. The van der Waals surface area contributed by atoms with Crippen LogP contribution in [0.1, 0.15) is 46.1 Å². The maximum absolute atomic E-state index is 14.1. The second-order valence-corrected chi connectivity index (χ2v) is 10.2. The van der Waals surface area contributed by atoms with Crippen LogP contribution in [0.3, 0.4) is 0 Å². The van der Waals surface area contributed by atoms with Crippen molar-refractivity contribution in [3.05, 3.63) is 53.6 Å². The predicted octanol–water partition coefficient (Wildman–Crippen LogP) is 6.48. The highest BCUT2D eigenvalue weighted by Crippen LogP contribution is 2.54. The normalized spacial score (nSPS) is 15.9. The highest BCUT2D eigenvalue weighted by molar-refractivity contribution is 6.02. The molecule has 196 valence electrons. The van der Waals surface area contributed by atoms with Gasteiger partial charge in [0.15, 0.2) is 0 Å². The van der Waals surface area contributed by atoms with E-state index >= 15 is 0 Å². The fourth-order valence-electron chi connectivity index (χ4n) is 4.54. The Balaban J connectivity index is 2.01. The molecule has 1 aliphatic carbocycles. The van der Waals surface area contributed by atoms with Gasteiger partial charge >= 0.3 is 12.0 Å². The van der Waals surface area contributed by atoms with Gasteiger partial charge < -0.3 is 20.6 Å². The first kappa shape index (κ1) is 27.3. The van der Waals surface area contributed by atoms with Gasteiger partial charge in [0.05, 0.1) is 17.1 Å². The average Bonchev–Trinajstić information content (AvgIpc) is 2.72. The Morgan fingerprint density at radius 3 is 2.03 bits per heavy atom. The lowest BCUT2D eigenvalue weighted by molar-refractivity contribution is -0.174. The molecule has 2 aromatic carbocycles. The van der Waals surface area contributed by atoms with E-state index in [1.54, 1.807) is 6.07 Å². The monoisotopic (exact) mass is 509 g/mol. The molecule has 0 radical (unpaired) electrons. The molecule has 1 saturated carbocycles. The Bertz CT molecular complexity index is 1120. The predicted molar refractivity (Wildman–Crippen MR) is 131 cm³/mol. The summed E-state index contributed by atoms with van der Waals surface area (Å²) in [7, 11) is 0. The van der Waals surface area contributed by atoms with Gasteiger partial charge in [0.2, 0.25) is 0 Å². The van der Waals surface area contributed by atoms with Crippen molar-refractivity contribution in [3.63, 3.8) is 0 Å². The number of benzene rings is 2. The number of carbonyl (C=O) groups is 2. The van der Waals surface area contributed by atoms with Crippen molar-refractivity contribution in [1.29, 1.82) is 0 Å². The van der Waals surface area contributed by atoms with Crippen LogP contribution in [0.2, 0.25) is 0 Å². The number of alkyl halides is 2. The molecule has 1 fully saturated rings. The third-order valence-corrected chi connectivity index (χ3v) is 6.02. The van der Waals surface area contributed by atoms with Crippen molar-refractivity contribution in [1.82, 2.24) is 0 Å². The third-order valence-electron chi connectivity index (χ3n) is 6.02. The number of urea groups is 1. The Morgan fingerprint density at radius 2 is 1.53 bits per heavy atom. The van der Waals surface area contributed by atoms with Crippen LogP contribution >= 0.6 is 0 Å². The summed E-state index contributed by atoms with van der Waals surface area (Å²) in [6, 6.07) is 6.36. The molecule has 2 amide bonds. The molecular formula is C26H31F4N3O3. The highest BCUT2D eigenvalue weighted by Gasteiger charge is 2.62. The number of hydrogen-bond donors (Lipinski definition) is 3. The quantitative estimate of drug-likeness (QED) is 0.338. The van der Waals surface area contributed by atoms with Gasteiger partial charge in [0.1, 0.15) is 17.0 Å². The molecule has 0 aromatic heterocycles. The number of nitrogens with zero attached hydrogens (tertiary/aromatic N) is 1. The minimum absolute atomic E-state index is 0.141. The standard InChI is InChI=1S/C26H31F4N3O3/c1-15(2)11-33(12-16(3)4)22-8-5-17(25(23(34)35)13-26(29,30)14-25)9-21(22)32-24(36)31-20-7-6-18(27)10-19(20)28/h5-10,15-16H,11-14H2,1-4H3,(H,34,35)(H2,31,32,36). The number of amides is 2. The molecule has 2 aromatic rings. The number of anilines is 3. The summed E-state index contributed by atoms with van der Waals surface area (Å²) >= 11 is 0. The molecule has 10 heteroatoms. The second kappa shape index (κ2) is 10.4. The molecule has 0 bridgehead atoms. The molecule has 36 heavy (non-hydrogen) atoms. The topological polar surface area (TPSA) is 81.7 Å². The first-order valence-electron chi connectivity index (χ1n) is 11.8. The fraction of sp³-hybridized carbons (Fsp3) is 0.462. The number of hydrogen-bond acceptors (Lipinski definition) is 3. The Kier molecular flexibility index (Phi) is 7.85. The van der Waals surface area contributed by atoms with Gasteiger partial charge in [0, 0.05) is 32.0 Å². The van der Waals surface area contributed by atoms with Gasteiger partial charge in [-0.1, -0.05) is 33.8 Å². The van der Waals surface area contributed by atoms with Crippen LogP contribution in [0, 0.1) is 23.5 Å². The van der Waals surface area contributed by atoms with E-state index in [0.717, 1.165) is 12.1 Å². The van der Waals surface area contributed by atoms with Crippen molar-refractivity contribution in [2.75, 3.05) is 28.6 Å². The molecule has 0 unspecified atom stereocenters. The molecule has 1 aliphatic rings. The summed E-state index contributed by atoms with van der Waals surface area (Å²) in [5.41, 5.74) is -1.12. The Labute approximate surface area is 207 Å². The van der Waals surface area contributed by atoms with Crippen molar-refractivity contribution < 1.29 is 32.3 Å². The summed E-state index contributed by atoms with van der Waals surface area (Å²) in [5.74, 6) is -5.75. The van der Waals surface area contributed by atoms with Crippen LogP contribution in [0.4, 0.5) is 39.4 Å². The number of carboxylic acid groups (broad SMARTS) is 1. The van der Waals surface area contributed by atoms with Crippen LogP contribution in [0.15, 0.2) is 36.4 Å². The first-order chi connectivity index (χ1) is 16.7. The Hall–Kier alpha value is -3.30. The van der Waals surface area contributed by atoms with Crippen molar-refractivity contribution in [2.45, 2.75) is 51.9 Å². The fourth-order valence-corrected chi connectivity index (χ4v) is 4.54. The van der Waals surface area contributed by atoms with Crippen LogP contribution in [-0.2, 0) is 10.2 Å². The second-order valence-electron chi connectivity index (χ2n) is 10.2. The minimum Gasteiger partial charge on any atom is -0.481 e. The van der Waals surface area contributed by atoms with Gasteiger partial charge in [0.25, 0.3) is 5.92 Å². The zero-order chi connectivity index (χ0) is 26.8. The van der Waals surface area contributed by atoms with E-state index in [4.69, 9.17) is 0 Å². The molecule has 6 nitrogen and oxygen atoms in total. The van der Waals surface area contributed by atoms with E-state index in [9.17, 15) is 32.3 Å². The minimum atomic E-state index is -3.09. The summed E-state index contributed by atoms with van der Waals surface area (Å²) in [6.45, 7) is 9.32. The smallest absolute Gasteiger partial charge is 0.323 e. The number of carbonyl (C=O) groups excluding carboxylic acids is 1. The number of rotatable bonds is 9. The highest BCUT2D eigenvalue weighted by atomic mass is 19.3. The van der Waals surface area contributed by atoms with E-state index in [1.165, 1.54) is 12.1 Å². The molecular weight excluding hydrogens is 478 g/mol. The zero-order valence-corrected chi connectivity index (χ0v) is 20.7. The lowest BCUT2D eigenvalue weighted by Gasteiger charge is -2.44. The van der Waals surface area contributed by atoms with Crippen molar-refractivity contribution >= 4 is 29.1 Å². The van der Waals surface area contributed by atoms with Crippen molar-refractivity contribution in [2.24, 2.45) is 11.8 Å². The summed E-state index contributed by atoms with van der Waals surface area (Å²) in [4.78, 5) is 26.8. The first-order valence-corrected chi connectivity index (χ1v) is 11.8. The van der Waals surface area contributed by atoms with E-state index in [2.05, 4.69) is 10.6 Å². The van der Waals surface area contributed by atoms with Crippen LogP contribution in [0.25, 0.3) is 0 Å². The number of aliphatic carboxylic acids is 1. The van der Waals surface area contributed by atoms with Gasteiger partial charge in [-0.3, -0.25) is 4.79 Å². The molecule has 0 saturated heterocycles. The molecule has 0 aliphatic heterocycles. The molecule has 3 rings (SSSR count). The largest absolute Gasteiger partial charge is 0.481 e. The van der Waals surface area contributed by atoms with E-state index < -0.39 is 47.8 Å². The number of nitrogens with one attached hydrogen (secondary N) is 2.